The average Bonchev–Trinajstić information content (AvgIpc) is 3.66. The van der Waals surface area contributed by atoms with Crippen molar-refractivity contribution in [3.05, 3.63) is 33.8 Å². The van der Waals surface area contributed by atoms with Gasteiger partial charge in [0.2, 0.25) is 6.29 Å². The van der Waals surface area contributed by atoms with Gasteiger partial charge >= 0.3 is 11.9 Å². The van der Waals surface area contributed by atoms with Crippen molar-refractivity contribution in [3.63, 3.8) is 0 Å². The molecule has 17 heteroatoms. The minimum absolute atomic E-state index is 0.00683. The molecular formula is C25H27N7O7S3. The molecule has 0 radical (unpaired) electrons. The van der Waals surface area contributed by atoms with Crippen molar-refractivity contribution in [2.24, 2.45) is 11.1 Å². The van der Waals surface area contributed by atoms with Crippen LogP contribution in [-0.4, -0.2) is 72.9 Å². The van der Waals surface area contributed by atoms with Gasteiger partial charge in [-0.15, -0.1) is 28.2 Å². The number of nitrogens with zero attached hydrogens (tertiary/aromatic N) is 5. The minimum atomic E-state index is -1.16. The third kappa shape index (κ3) is 6.96. The summed E-state index contributed by atoms with van der Waals surface area (Å²) in [5.74, 6) is -2.15. The van der Waals surface area contributed by atoms with E-state index >= 15 is 0 Å². The SMILES string of the molecule is CC(OC(=O)C1=C(/C=C\c2csnn2)CSC2C(NC(=O)/C=N\Oc3csc(N)n3)C(=O)N12)OC(=O)C1CCCCC1. The lowest BCUT2D eigenvalue weighted by Gasteiger charge is -2.49. The van der Waals surface area contributed by atoms with Gasteiger partial charge in [-0.05, 0) is 36.0 Å². The number of β-lactam (4-membered cyclic amide) rings is 1. The van der Waals surface area contributed by atoms with Crippen LogP contribution in [0.3, 0.4) is 0 Å². The van der Waals surface area contributed by atoms with E-state index in [1.54, 1.807) is 17.5 Å². The molecule has 2 fully saturated rings. The van der Waals surface area contributed by atoms with Crippen LogP contribution >= 0.6 is 34.6 Å². The molecule has 5 rings (SSSR count). The molecule has 0 spiro atoms. The molecule has 3 N–H and O–H groups in total. The van der Waals surface area contributed by atoms with Crippen LogP contribution < -0.4 is 15.9 Å². The minimum Gasteiger partial charge on any atom is -0.425 e. The number of carbonyl (C=O) groups excluding carboxylic acids is 4. The summed E-state index contributed by atoms with van der Waals surface area (Å²) in [6, 6.07) is -0.915. The fourth-order valence-electron chi connectivity index (χ4n) is 4.65. The quantitative estimate of drug-likeness (QED) is 0.128. The van der Waals surface area contributed by atoms with Gasteiger partial charge in [-0.3, -0.25) is 19.3 Å². The third-order valence-corrected chi connectivity index (χ3v) is 9.11. The van der Waals surface area contributed by atoms with Gasteiger partial charge in [0.15, 0.2) is 5.13 Å². The topological polar surface area (TPSA) is 188 Å². The van der Waals surface area contributed by atoms with Crippen LogP contribution in [0.5, 0.6) is 5.88 Å². The molecule has 2 amide bonds. The highest BCUT2D eigenvalue weighted by atomic mass is 32.2. The number of carbonyl (C=O) groups is 4. The van der Waals surface area contributed by atoms with Gasteiger partial charge in [0.1, 0.15) is 23.3 Å². The zero-order valence-corrected chi connectivity index (χ0v) is 24.8. The Morgan fingerprint density at radius 2 is 2.00 bits per heavy atom. The first-order chi connectivity index (χ1) is 20.3. The highest BCUT2D eigenvalue weighted by Gasteiger charge is 2.54. The van der Waals surface area contributed by atoms with Crippen molar-refractivity contribution in [2.45, 2.75) is 56.7 Å². The number of nitrogens with one attached hydrogen (secondary N) is 1. The summed E-state index contributed by atoms with van der Waals surface area (Å²) in [5, 5.41) is 13.1. The largest absolute Gasteiger partial charge is 0.425 e. The first kappa shape index (κ1) is 29.7. The summed E-state index contributed by atoms with van der Waals surface area (Å²) < 4.78 is 14.7. The summed E-state index contributed by atoms with van der Waals surface area (Å²) in [5.41, 5.74) is 6.63. The smallest absolute Gasteiger partial charge is 0.358 e. The van der Waals surface area contributed by atoms with E-state index in [2.05, 4.69) is 25.0 Å². The average molecular weight is 634 g/mol. The summed E-state index contributed by atoms with van der Waals surface area (Å²) in [6.45, 7) is 1.47. The van der Waals surface area contributed by atoms with E-state index in [1.807, 2.05) is 0 Å². The lowest BCUT2D eigenvalue weighted by Crippen LogP contribution is -2.70. The fraction of sp³-hybridized carbons (Fsp3) is 0.440. The van der Waals surface area contributed by atoms with E-state index < -0.39 is 41.5 Å². The van der Waals surface area contributed by atoms with Crippen LogP contribution in [0.2, 0.25) is 0 Å². The Morgan fingerprint density at radius 3 is 2.71 bits per heavy atom. The van der Waals surface area contributed by atoms with Gasteiger partial charge < -0.3 is 25.4 Å². The third-order valence-electron chi connectivity index (χ3n) is 6.63. The normalized spacial score (nSPS) is 21.6. The Bertz CT molecular complexity index is 1420. The standard InChI is InChI=1S/C25H27N7O7S3/c1-13(37-23(35)14-5-3-2-4-6-14)38-24(36)20-15(7-8-16-11-42-31-30-16)10-40-22-19(21(34)32(20)22)28-17(33)9-27-39-18-12-41-25(26)29-18/h7-9,11-14,19,22H,2-6,10H2,1H3,(H2,26,29)(H,28,33)/b8-7-,27-9-. The van der Waals surface area contributed by atoms with E-state index in [9.17, 15) is 19.2 Å². The zero-order chi connectivity index (χ0) is 29.6. The number of esters is 2. The summed E-state index contributed by atoms with van der Waals surface area (Å²) in [7, 11) is 0. The number of hydrogen-bond acceptors (Lipinski definition) is 15. The maximum Gasteiger partial charge on any atom is 0.358 e. The van der Waals surface area contributed by atoms with Gasteiger partial charge in [-0.25, -0.2) is 4.79 Å². The molecule has 42 heavy (non-hydrogen) atoms. The number of thioether (sulfide) groups is 1. The van der Waals surface area contributed by atoms with Crippen molar-refractivity contribution in [2.75, 3.05) is 11.5 Å². The highest BCUT2D eigenvalue weighted by Crippen LogP contribution is 2.41. The Balaban J connectivity index is 1.26. The first-order valence-corrected chi connectivity index (χ1v) is 15.8. The van der Waals surface area contributed by atoms with Crippen LogP contribution in [0, 0.1) is 5.92 Å². The van der Waals surface area contributed by atoms with E-state index in [0.717, 1.165) is 49.7 Å². The lowest BCUT2D eigenvalue weighted by atomic mass is 9.89. The summed E-state index contributed by atoms with van der Waals surface area (Å²) in [6.07, 6.45) is 7.56. The number of ether oxygens (including phenoxy) is 2. The molecule has 2 aliphatic heterocycles. The van der Waals surface area contributed by atoms with Crippen LogP contribution in [0.4, 0.5) is 5.13 Å². The van der Waals surface area contributed by atoms with E-state index in [-0.39, 0.29) is 22.6 Å². The number of nitrogens with two attached hydrogens (primary N) is 1. The van der Waals surface area contributed by atoms with Gasteiger partial charge in [0.25, 0.3) is 17.7 Å². The van der Waals surface area contributed by atoms with E-state index in [1.165, 1.54) is 40.5 Å². The van der Waals surface area contributed by atoms with Crippen molar-refractivity contribution >= 4 is 75.8 Å². The van der Waals surface area contributed by atoms with Crippen molar-refractivity contribution in [1.82, 2.24) is 24.8 Å². The molecule has 3 unspecified atom stereocenters. The van der Waals surface area contributed by atoms with Crippen LogP contribution in [0.25, 0.3) is 6.08 Å². The van der Waals surface area contributed by atoms with Crippen LogP contribution in [0.15, 0.2) is 33.3 Å². The number of nitrogen functional groups attached to an aromatic ring is 1. The number of oxime groups is 1. The number of anilines is 1. The van der Waals surface area contributed by atoms with Gasteiger partial charge in [-0.1, -0.05) is 35.0 Å². The molecule has 14 nitrogen and oxygen atoms in total. The highest BCUT2D eigenvalue weighted by molar-refractivity contribution is 8.00. The Morgan fingerprint density at radius 1 is 1.19 bits per heavy atom. The van der Waals surface area contributed by atoms with Gasteiger partial charge in [-0.2, -0.15) is 4.98 Å². The number of hydrogen-bond donors (Lipinski definition) is 2. The molecule has 1 saturated heterocycles. The molecular weight excluding hydrogens is 607 g/mol. The first-order valence-electron chi connectivity index (χ1n) is 13.1. The van der Waals surface area contributed by atoms with Crippen molar-refractivity contribution < 1.29 is 33.5 Å². The molecule has 3 atom stereocenters. The summed E-state index contributed by atoms with van der Waals surface area (Å²) >= 11 is 3.69. The monoisotopic (exact) mass is 633 g/mol. The Hall–Kier alpha value is -3.83. The molecule has 1 saturated carbocycles. The number of thiazole rings is 1. The van der Waals surface area contributed by atoms with E-state index in [0.29, 0.717) is 17.0 Å². The molecule has 4 heterocycles. The number of aromatic nitrogens is 3. The fourth-order valence-corrected chi connectivity index (χ4v) is 6.85. The molecule has 1 aliphatic carbocycles. The second-order valence-corrected chi connectivity index (χ2v) is 12.1. The number of allylic oxidation sites excluding steroid dienone is 1. The Kier molecular flexibility index (Phi) is 9.48. The molecule has 0 bridgehead atoms. The molecule has 2 aromatic rings. The second kappa shape index (κ2) is 13.4. The van der Waals surface area contributed by atoms with Gasteiger partial charge in [0.05, 0.1) is 17.0 Å². The van der Waals surface area contributed by atoms with Crippen LogP contribution in [-0.2, 0) is 28.7 Å². The molecule has 222 valence electrons. The number of amides is 2. The Labute approximate surface area is 252 Å². The number of fused-ring (bicyclic) bond motifs is 1. The molecule has 2 aromatic heterocycles. The molecule has 0 aromatic carbocycles. The maximum absolute atomic E-state index is 13.4. The van der Waals surface area contributed by atoms with E-state index in [4.69, 9.17) is 20.0 Å². The summed E-state index contributed by atoms with van der Waals surface area (Å²) in [4.78, 5) is 61.7. The predicted molar refractivity (Wildman–Crippen MR) is 155 cm³/mol. The van der Waals surface area contributed by atoms with Crippen LogP contribution in [0.1, 0.15) is 44.7 Å². The number of rotatable bonds is 10. The zero-order valence-electron chi connectivity index (χ0n) is 22.3. The predicted octanol–water partition coefficient (Wildman–Crippen LogP) is 2.32. The lowest BCUT2D eigenvalue weighted by molar-refractivity contribution is -0.187. The maximum atomic E-state index is 13.4. The van der Waals surface area contributed by atoms with Crippen molar-refractivity contribution in [3.8, 4) is 5.88 Å². The van der Waals surface area contributed by atoms with Crippen molar-refractivity contribution in [1.29, 1.82) is 0 Å². The van der Waals surface area contributed by atoms with Gasteiger partial charge in [0, 0.05) is 18.1 Å². The molecule has 3 aliphatic rings. The second-order valence-electron chi connectivity index (χ2n) is 9.53.